The fourth-order valence-electron chi connectivity index (χ4n) is 2.10. The van der Waals surface area contributed by atoms with Gasteiger partial charge in [0.15, 0.2) is 0 Å². The molecule has 0 fully saturated rings. The number of hydrogen-bond acceptors (Lipinski definition) is 5. The van der Waals surface area contributed by atoms with Gasteiger partial charge in [-0.05, 0) is 25.0 Å². The molecule has 5 N–H and O–H groups in total. The zero-order valence-corrected chi connectivity index (χ0v) is 15.5. The number of amides is 3. The van der Waals surface area contributed by atoms with Crippen LogP contribution in [0.5, 0.6) is 0 Å². The van der Waals surface area contributed by atoms with Crippen molar-refractivity contribution in [2.24, 2.45) is 11.7 Å². The average Bonchev–Trinajstić information content (AvgIpc) is 2.46. The van der Waals surface area contributed by atoms with Crippen LogP contribution in [0.4, 0.5) is 4.79 Å². The summed E-state index contributed by atoms with van der Waals surface area (Å²) in [6.45, 7) is 8.25. The van der Waals surface area contributed by atoms with Crippen molar-refractivity contribution in [3.63, 3.8) is 0 Å². The van der Waals surface area contributed by atoms with Crippen LogP contribution in [0.3, 0.4) is 0 Å². The standard InChI is InChI=1S/C15H30N4O3S/c1-9(2)12(18-10(3)4)13(20)19-11(14(21)23-5)7-6-8-17-15(16)22/h9-12,18H,6-8H2,1-5H3,(H,19,20)(H3,16,17,22). The van der Waals surface area contributed by atoms with Crippen molar-refractivity contribution in [3.05, 3.63) is 0 Å². The minimum absolute atomic E-state index is 0.0931. The molecular weight excluding hydrogens is 316 g/mol. The van der Waals surface area contributed by atoms with Crippen LogP contribution >= 0.6 is 11.8 Å². The van der Waals surface area contributed by atoms with E-state index in [-0.39, 0.29) is 29.0 Å². The second-order valence-electron chi connectivity index (χ2n) is 6.06. The predicted molar refractivity (Wildman–Crippen MR) is 94.2 cm³/mol. The van der Waals surface area contributed by atoms with Crippen molar-refractivity contribution < 1.29 is 14.4 Å². The van der Waals surface area contributed by atoms with Gasteiger partial charge in [-0.15, -0.1) is 0 Å². The first-order valence-corrected chi connectivity index (χ1v) is 9.09. The van der Waals surface area contributed by atoms with E-state index >= 15 is 0 Å². The predicted octanol–water partition coefficient (Wildman–Crippen LogP) is 0.832. The Hall–Kier alpha value is -1.28. The number of primary amides is 1. The van der Waals surface area contributed by atoms with Crippen LogP contribution in [0.1, 0.15) is 40.5 Å². The molecular formula is C15H30N4O3S. The summed E-state index contributed by atoms with van der Waals surface area (Å²) < 4.78 is 0. The van der Waals surface area contributed by atoms with Crippen LogP contribution < -0.4 is 21.7 Å². The Morgan fingerprint density at radius 2 is 1.74 bits per heavy atom. The molecule has 0 aliphatic heterocycles. The third kappa shape index (κ3) is 9.45. The first-order valence-electron chi connectivity index (χ1n) is 7.86. The lowest BCUT2D eigenvalue weighted by Crippen LogP contribution is -2.53. The van der Waals surface area contributed by atoms with Gasteiger partial charge in [0.05, 0.1) is 12.1 Å². The highest BCUT2D eigenvalue weighted by Crippen LogP contribution is 2.09. The van der Waals surface area contributed by atoms with Crippen LogP contribution in [0.25, 0.3) is 0 Å². The molecule has 7 nitrogen and oxygen atoms in total. The van der Waals surface area contributed by atoms with Crippen molar-refractivity contribution in [1.29, 1.82) is 0 Å². The molecule has 2 unspecified atom stereocenters. The van der Waals surface area contributed by atoms with Crippen LogP contribution in [-0.4, -0.2) is 48.0 Å². The largest absolute Gasteiger partial charge is 0.352 e. The van der Waals surface area contributed by atoms with Gasteiger partial charge in [0.1, 0.15) is 0 Å². The summed E-state index contributed by atoms with van der Waals surface area (Å²) in [5.41, 5.74) is 5.00. The Morgan fingerprint density at radius 1 is 1.13 bits per heavy atom. The molecule has 0 aliphatic rings. The first-order chi connectivity index (χ1) is 10.7. The third-order valence-electron chi connectivity index (χ3n) is 3.23. The maximum Gasteiger partial charge on any atom is 0.312 e. The summed E-state index contributed by atoms with van der Waals surface area (Å²) in [5.74, 6) is -0.0667. The van der Waals surface area contributed by atoms with Crippen LogP contribution in [0.2, 0.25) is 0 Å². The minimum atomic E-state index is -0.595. The molecule has 2 atom stereocenters. The molecule has 0 bridgehead atoms. The number of rotatable bonds is 10. The molecule has 134 valence electrons. The van der Waals surface area contributed by atoms with Gasteiger partial charge in [0.25, 0.3) is 0 Å². The molecule has 8 heteroatoms. The number of carbonyl (C=O) groups excluding carboxylic acids is 3. The van der Waals surface area contributed by atoms with Gasteiger partial charge < -0.3 is 21.7 Å². The molecule has 0 aromatic rings. The molecule has 0 rings (SSSR count). The highest BCUT2D eigenvalue weighted by molar-refractivity contribution is 8.13. The Balaban J connectivity index is 4.69. The van der Waals surface area contributed by atoms with E-state index in [2.05, 4.69) is 16.0 Å². The smallest absolute Gasteiger partial charge is 0.312 e. The van der Waals surface area contributed by atoms with E-state index in [0.29, 0.717) is 19.4 Å². The van der Waals surface area contributed by atoms with Gasteiger partial charge in [-0.3, -0.25) is 9.59 Å². The maximum atomic E-state index is 12.5. The minimum Gasteiger partial charge on any atom is -0.352 e. The fourth-order valence-corrected chi connectivity index (χ4v) is 2.56. The van der Waals surface area contributed by atoms with E-state index in [1.54, 1.807) is 6.26 Å². The number of nitrogens with one attached hydrogen (secondary N) is 3. The van der Waals surface area contributed by atoms with E-state index in [1.807, 2.05) is 27.7 Å². The van der Waals surface area contributed by atoms with Crippen molar-refractivity contribution in [3.8, 4) is 0 Å². The van der Waals surface area contributed by atoms with Gasteiger partial charge >= 0.3 is 6.03 Å². The van der Waals surface area contributed by atoms with E-state index < -0.39 is 12.1 Å². The Bertz CT molecular complexity index is 402. The van der Waals surface area contributed by atoms with Gasteiger partial charge in [0.2, 0.25) is 11.0 Å². The molecule has 0 aromatic heterocycles. The lowest BCUT2D eigenvalue weighted by molar-refractivity contribution is -0.127. The quantitative estimate of drug-likeness (QED) is 0.438. The summed E-state index contributed by atoms with van der Waals surface area (Å²) in [5, 5.41) is 8.43. The molecule has 0 saturated carbocycles. The topological polar surface area (TPSA) is 113 Å². The second-order valence-corrected chi connectivity index (χ2v) is 6.87. The van der Waals surface area contributed by atoms with Crippen LogP contribution in [0.15, 0.2) is 0 Å². The van der Waals surface area contributed by atoms with Crippen LogP contribution in [-0.2, 0) is 9.59 Å². The number of urea groups is 1. The normalized spacial score (nSPS) is 13.7. The molecule has 0 aromatic carbocycles. The zero-order valence-electron chi connectivity index (χ0n) is 14.6. The molecule has 0 saturated heterocycles. The summed E-state index contributed by atoms with van der Waals surface area (Å²) in [4.78, 5) is 35.1. The Labute approximate surface area is 142 Å². The van der Waals surface area contributed by atoms with Crippen LogP contribution in [0, 0.1) is 5.92 Å². The van der Waals surface area contributed by atoms with Crippen molar-refractivity contribution in [2.75, 3.05) is 12.8 Å². The summed E-state index contributed by atoms with van der Waals surface area (Å²) >= 11 is 1.09. The fraction of sp³-hybridized carbons (Fsp3) is 0.800. The summed E-state index contributed by atoms with van der Waals surface area (Å²) in [6, 6.07) is -1.34. The highest BCUT2D eigenvalue weighted by atomic mass is 32.2. The van der Waals surface area contributed by atoms with E-state index in [1.165, 1.54) is 0 Å². The summed E-state index contributed by atoms with van der Waals surface area (Å²) in [6.07, 6.45) is 2.71. The Morgan fingerprint density at radius 3 is 2.17 bits per heavy atom. The highest BCUT2D eigenvalue weighted by Gasteiger charge is 2.27. The number of carbonyl (C=O) groups is 3. The average molecular weight is 346 g/mol. The Kier molecular flexibility index (Phi) is 10.7. The number of nitrogens with two attached hydrogens (primary N) is 1. The number of hydrogen-bond donors (Lipinski definition) is 4. The van der Waals surface area contributed by atoms with Crippen molar-refractivity contribution >= 4 is 28.8 Å². The molecule has 23 heavy (non-hydrogen) atoms. The maximum absolute atomic E-state index is 12.5. The lowest BCUT2D eigenvalue weighted by atomic mass is 10.0. The van der Waals surface area contributed by atoms with Crippen molar-refractivity contribution in [2.45, 2.75) is 58.7 Å². The molecule has 3 amide bonds. The van der Waals surface area contributed by atoms with Gasteiger partial charge in [-0.1, -0.05) is 39.5 Å². The zero-order chi connectivity index (χ0) is 18.0. The van der Waals surface area contributed by atoms with E-state index in [9.17, 15) is 14.4 Å². The lowest BCUT2D eigenvalue weighted by Gasteiger charge is -2.26. The molecule has 0 spiro atoms. The number of thioether (sulfide) groups is 1. The van der Waals surface area contributed by atoms with Gasteiger partial charge in [-0.25, -0.2) is 4.79 Å². The van der Waals surface area contributed by atoms with E-state index in [0.717, 1.165) is 11.8 Å². The monoisotopic (exact) mass is 346 g/mol. The molecule has 0 aliphatic carbocycles. The summed E-state index contributed by atoms with van der Waals surface area (Å²) in [7, 11) is 0. The second kappa shape index (κ2) is 11.3. The van der Waals surface area contributed by atoms with E-state index in [4.69, 9.17) is 5.73 Å². The third-order valence-corrected chi connectivity index (χ3v) is 3.92. The molecule has 0 radical (unpaired) electrons. The van der Waals surface area contributed by atoms with Crippen molar-refractivity contribution in [1.82, 2.24) is 16.0 Å². The SMILES string of the molecule is CSC(=O)C(CCCNC(N)=O)NC(=O)C(NC(C)C)C(C)C. The van der Waals surface area contributed by atoms with Gasteiger partial charge in [-0.2, -0.15) is 0 Å². The first kappa shape index (κ1) is 21.7. The van der Waals surface area contributed by atoms with Gasteiger partial charge in [0, 0.05) is 12.6 Å². The molecule has 0 heterocycles.